The summed E-state index contributed by atoms with van der Waals surface area (Å²) < 4.78 is 12.7. The normalized spacial score (nSPS) is 16.8. The summed E-state index contributed by atoms with van der Waals surface area (Å²) in [4.78, 5) is 30.9. The number of thiazole rings is 1. The predicted octanol–water partition coefficient (Wildman–Crippen LogP) is 17.1. The van der Waals surface area contributed by atoms with E-state index in [1.165, 1.54) is 22.3 Å². The minimum absolute atomic E-state index is 0. The van der Waals surface area contributed by atoms with Crippen LogP contribution in [-0.2, 0) is 68.0 Å². The molecule has 7 nitrogen and oxygen atoms in total. The van der Waals surface area contributed by atoms with Gasteiger partial charge in [0, 0.05) is 39.8 Å². The molecule has 0 N–H and O–H groups in total. The van der Waals surface area contributed by atoms with Crippen molar-refractivity contribution in [3.8, 4) is 11.5 Å². The summed E-state index contributed by atoms with van der Waals surface area (Å²) in [5.41, 5.74) is 7.01. The number of ether oxygens (including phenoxy) is 2. The third-order valence-electron chi connectivity index (χ3n) is 11.8. The summed E-state index contributed by atoms with van der Waals surface area (Å²) in [7, 11) is 1.93. The molecule has 0 bridgehead atoms. The van der Waals surface area contributed by atoms with Gasteiger partial charge in [-0.15, -0.1) is 17.2 Å². The van der Waals surface area contributed by atoms with Gasteiger partial charge in [0.1, 0.15) is 11.5 Å². The molecule has 0 atom stereocenters. The number of para-hydroxylation sites is 1. The van der Waals surface area contributed by atoms with Gasteiger partial charge in [-0.3, -0.25) is 14.6 Å². The van der Waals surface area contributed by atoms with Crippen molar-refractivity contribution in [3.05, 3.63) is 119 Å². The Morgan fingerprint density at radius 2 is 1.07 bits per heavy atom. The molecule has 4 aromatic carbocycles. The van der Waals surface area contributed by atoms with Crippen LogP contribution in [0.15, 0.2) is 96.1 Å². The molecular weight excluding hydrogens is 936 g/mol. The fourth-order valence-electron chi connectivity index (χ4n) is 8.48. The van der Waals surface area contributed by atoms with E-state index >= 15 is 0 Å². The molecule has 2 aliphatic rings. The van der Waals surface area contributed by atoms with Crippen molar-refractivity contribution < 1.29 is 51.8 Å². The predicted molar refractivity (Wildman–Crippen MR) is 292 cm³/mol. The van der Waals surface area contributed by atoms with Gasteiger partial charge in [-0.1, -0.05) is 171 Å². The number of benzene rings is 4. The Morgan fingerprint density at radius 1 is 0.632 bits per heavy atom. The van der Waals surface area contributed by atoms with Crippen molar-refractivity contribution in [1.29, 1.82) is 0 Å². The SMILES string of the molecule is C.C.C.C.CC.CC.CC.CCCc1ccc(OC(=O)C2CCC(Cc3ccc(CC4CCC(C(=O)Oc5ccc(CCC)cc5)CC4)c([C-]=NN(C)c4nc5ccccc5s4)c3)CC2)cc1.[Y]. The van der Waals surface area contributed by atoms with Crippen molar-refractivity contribution in [3.63, 3.8) is 0 Å². The number of aromatic nitrogens is 1. The first-order valence-corrected chi connectivity index (χ1v) is 24.9. The Kier molecular flexibility index (Phi) is 35.4. The summed E-state index contributed by atoms with van der Waals surface area (Å²) in [6.45, 7) is 16.3. The third-order valence-corrected chi connectivity index (χ3v) is 12.9. The monoisotopic (exact) mass is 1030 g/mol. The number of esters is 2. The van der Waals surface area contributed by atoms with E-state index in [-0.39, 0.29) is 86.2 Å². The van der Waals surface area contributed by atoms with Gasteiger partial charge < -0.3 is 9.47 Å². The molecule has 9 heteroatoms. The van der Waals surface area contributed by atoms with E-state index in [1.54, 1.807) is 11.3 Å². The zero-order chi connectivity index (χ0) is 45.6. The number of hydrogen-bond donors (Lipinski definition) is 0. The second-order valence-corrected chi connectivity index (χ2v) is 17.2. The zero-order valence-corrected chi connectivity index (χ0v) is 44.0. The Labute approximate surface area is 444 Å². The molecule has 1 aromatic heterocycles. The molecule has 5 aromatic rings. The molecule has 0 aliphatic heterocycles. The zero-order valence-electron chi connectivity index (χ0n) is 40.3. The molecule has 7 rings (SSSR count). The minimum Gasteiger partial charge on any atom is -0.426 e. The van der Waals surface area contributed by atoms with Gasteiger partial charge in [0.15, 0.2) is 0 Å². The smallest absolute Gasteiger partial charge is 0.314 e. The van der Waals surface area contributed by atoms with Gasteiger partial charge in [-0.05, 0) is 123 Å². The number of anilines is 1. The fourth-order valence-corrected chi connectivity index (χ4v) is 9.35. The Hall–Kier alpha value is -3.72. The first-order chi connectivity index (χ1) is 30.8. The first-order valence-electron chi connectivity index (χ1n) is 24.1. The van der Waals surface area contributed by atoms with Crippen LogP contribution in [0.25, 0.3) is 10.2 Å². The van der Waals surface area contributed by atoms with E-state index in [1.807, 2.05) is 96.1 Å². The summed E-state index contributed by atoms with van der Waals surface area (Å²) >= 11 is 1.62. The van der Waals surface area contributed by atoms with Crippen LogP contribution < -0.4 is 14.5 Å². The number of carbonyl (C=O) groups excluding carboxylic acids is 2. The molecule has 1 heterocycles. The minimum atomic E-state index is -0.108. The number of hydrogen-bond acceptors (Lipinski definition) is 8. The van der Waals surface area contributed by atoms with Crippen LogP contribution >= 0.6 is 11.3 Å². The van der Waals surface area contributed by atoms with Crippen LogP contribution in [0.3, 0.4) is 0 Å². The van der Waals surface area contributed by atoms with Crippen LogP contribution in [0.2, 0.25) is 0 Å². The maximum Gasteiger partial charge on any atom is 0.314 e. The van der Waals surface area contributed by atoms with E-state index in [0.29, 0.717) is 23.3 Å². The molecule has 375 valence electrons. The largest absolute Gasteiger partial charge is 0.426 e. The van der Waals surface area contributed by atoms with Crippen molar-refractivity contribution in [1.82, 2.24) is 4.98 Å². The van der Waals surface area contributed by atoms with Crippen molar-refractivity contribution >= 4 is 44.8 Å². The molecular formula is C59H90N3O4SY-. The van der Waals surface area contributed by atoms with Crippen LogP contribution in [-0.4, -0.2) is 30.2 Å². The average Bonchev–Trinajstić information content (AvgIpc) is 3.78. The van der Waals surface area contributed by atoms with E-state index in [9.17, 15) is 9.59 Å². The second-order valence-electron chi connectivity index (χ2n) is 16.2. The summed E-state index contributed by atoms with van der Waals surface area (Å²) in [6.07, 6.45) is 16.9. The number of fused-ring (bicyclic) bond motifs is 1. The molecule has 1 radical (unpaired) electrons. The molecule has 2 aliphatic carbocycles. The van der Waals surface area contributed by atoms with Crippen LogP contribution in [0.5, 0.6) is 11.5 Å². The van der Waals surface area contributed by atoms with Gasteiger partial charge in [0.25, 0.3) is 0 Å². The van der Waals surface area contributed by atoms with E-state index in [4.69, 9.17) is 19.6 Å². The van der Waals surface area contributed by atoms with Crippen molar-refractivity contribution in [2.24, 2.45) is 28.8 Å². The molecule has 0 amide bonds. The molecule has 0 spiro atoms. The summed E-state index contributed by atoms with van der Waals surface area (Å²) in [6, 6.07) is 30.9. The molecule has 0 saturated heterocycles. The number of rotatable bonds is 15. The van der Waals surface area contributed by atoms with Gasteiger partial charge in [-0.2, -0.15) is 11.6 Å². The standard InChI is InChI=1S/C49H56N3O4S.3C2H6.4CH4.Y/c1-4-8-34-17-26-43(27-18-34)55-47(53)39-21-12-36(13-22-39)30-38-16-25-41(42(32-38)33-50-52(3)49-51-45-10-6-7-11-46(45)57-49)31-37-14-23-40(24-15-37)48(54)56-44-28-19-35(9-5-2)20-29-44;3*1-2;;;;;/h6-7,10-11,16-20,25-29,32,36-37,39-40H,4-5,8-9,12-15,21-24,30-31H2,1-3H3;3*1-2H3;4*1H4;/q-1;;;;;;;;. The number of nitrogens with zero attached hydrogens (tertiary/aromatic N) is 3. The van der Waals surface area contributed by atoms with Crippen molar-refractivity contribution in [2.45, 2.75) is 175 Å². The van der Waals surface area contributed by atoms with Crippen LogP contribution in [0.1, 0.15) is 177 Å². The quantitative estimate of drug-likeness (QED) is 0.0342. The first kappa shape index (κ1) is 66.4. The van der Waals surface area contributed by atoms with E-state index in [2.05, 4.69) is 68.6 Å². The summed E-state index contributed by atoms with van der Waals surface area (Å²) in [5.74, 6) is 1.92. The fraction of sp³-hybridized carbons (Fsp3) is 0.525. The molecule has 0 unspecified atom stereocenters. The molecule has 2 saturated carbocycles. The maximum atomic E-state index is 13.1. The average molecular weight is 1030 g/mol. The maximum absolute atomic E-state index is 13.1. The second kappa shape index (κ2) is 36.3. The van der Waals surface area contributed by atoms with E-state index in [0.717, 1.165) is 111 Å². The van der Waals surface area contributed by atoms with Crippen LogP contribution in [0, 0.1) is 23.7 Å². The van der Waals surface area contributed by atoms with Gasteiger partial charge >= 0.3 is 11.9 Å². The van der Waals surface area contributed by atoms with Gasteiger partial charge in [0.05, 0.1) is 22.1 Å². The Morgan fingerprint density at radius 3 is 1.53 bits per heavy atom. The van der Waals surface area contributed by atoms with Gasteiger partial charge in [0.2, 0.25) is 5.13 Å². The summed E-state index contributed by atoms with van der Waals surface area (Å²) in [5, 5.41) is 7.43. The number of carbonyl (C=O) groups is 2. The Balaban J connectivity index is 0. The Bertz CT molecular complexity index is 2090. The van der Waals surface area contributed by atoms with Crippen LogP contribution in [0.4, 0.5) is 5.13 Å². The van der Waals surface area contributed by atoms with Gasteiger partial charge in [-0.25, -0.2) is 10.1 Å². The number of hydrazone groups is 1. The topological polar surface area (TPSA) is 81.1 Å². The van der Waals surface area contributed by atoms with Crippen molar-refractivity contribution in [2.75, 3.05) is 12.1 Å². The third kappa shape index (κ3) is 20.3. The molecule has 2 fully saturated rings. The number of aryl methyl sites for hydroxylation is 2. The van der Waals surface area contributed by atoms with E-state index < -0.39 is 0 Å². The molecule has 68 heavy (non-hydrogen) atoms.